The molecule has 0 fully saturated rings. The molecule has 5 nitrogen and oxygen atoms in total. The molecule has 0 aliphatic carbocycles. The van der Waals surface area contributed by atoms with Crippen molar-refractivity contribution in [1.29, 1.82) is 0 Å². The molecular weight excluding hydrogens is 168 g/mol. The van der Waals surface area contributed by atoms with Gasteiger partial charge in [-0.25, -0.2) is 4.98 Å². The van der Waals surface area contributed by atoms with Crippen molar-refractivity contribution in [3.63, 3.8) is 0 Å². The summed E-state index contributed by atoms with van der Waals surface area (Å²) in [6.45, 7) is 1.73. The molecule has 0 aromatic carbocycles. The fraction of sp³-hybridized carbons (Fsp3) is 0.125. The second kappa shape index (κ2) is 3.22. The van der Waals surface area contributed by atoms with E-state index < -0.39 is 0 Å². The summed E-state index contributed by atoms with van der Waals surface area (Å²) in [6.07, 6.45) is 1.69. The first-order chi connectivity index (χ1) is 6.34. The highest BCUT2D eigenvalue weighted by Crippen LogP contribution is 2.10. The van der Waals surface area contributed by atoms with Crippen LogP contribution in [0.15, 0.2) is 28.8 Å². The van der Waals surface area contributed by atoms with Crippen LogP contribution in [-0.2, 0) is 0 Å². The van der Waals surface area contributed by atoms with Gasteiger partial charge in [-0.15, -0.1) is 5.10 Å². The third-order valence-corrected chi connectivity index (χ3v) is 1.43. The van der Waals surface area contributed by atoms with Gasteiger partial charge in [0.2, 0.25) is 5.89 Å². The summed E-state index contributed by atoms with van der Waals surface area (Å²) in [6, 6.07) is 5.89. The van der Waals surface area contributed by atoms with E-state index in [1.807, 2.05) is 18.2 Å². The van der Waals surface area contributed by atoms with Gasteiger partial charge in [0.15, 0.2) is 0 Å². The Bertz CT molecular complexity index is 384. The van der Waals surface area contributed by atoms with Gasteiger partial charge in [-0.1, -0.05) is 11.2 Å². The van der Waals surface area contributed by atoms with E-state index in [-0.39, 0.29) is 0 Å². The van der Waals surface area contributed by atoms with Gasteiger partial charge in [-0.05, 0) is 12.1 Å². The molecule has 66 valence electrons. The first-order valence-electron chi connectivity index (χ1n) is 3.83. The van der Waals surface area contributed by atoms with Crippen LogP contribution in [0.4, 0.5) is 11.8 Å². The van der Waals surface area contributed by atoms with Gasteiger partial charge in [0.25, 0.3) is 0 Å². The van der Waals surface area contributed by atoms with Crippen LogP contribution >= 0.6 is 0 Å². The predicted molar refractivity (Wildman–Crippen MR) is 46.6 cm³/mol. The Labute approximate surface area is 74.8 Å². The van der Waals surface area contributed by atoms with E-state index in [4.69, 9.17) is 4.42 Å². The quantitative estimate of drug-likeness (QED) is 0.751. The molecule has 1 N–H and O–H groups in total. The number of hydrogen-bond acceptors (Lipinski definition) is 5. The molecule has 0 bridgehead atoms. The second-order valence-corrected chi connectivity index (χ2v) is 2.47. The second-order valence-electron chi connectivity index (χ2n) is 2.47. The molecule has 0 amide bonds. The Hall–Kier alpha value is -1.91. The Morgan fingerprint density at radius 3 is 2.85 bits per heavy atom. The van der Waals surface area contributed by atoms with Crippen molar-refractivity contribution in [2.75, 3.05) is 5.32 Å². The van der Waals surface area contributed by atoms with Crippen molar-refractivity contribution in [3.05, 3.63) is 30.3 Å². The van der Waals surface area contributed by atoms with E-state index in [9.17, 15) is 0 Å². The van der Waals surface area contributed by atoms with Gasteiger partial charge in [0.05, 0.1) is 0 Å². The van der Waals surface area contributed by atoms with Gasteiger partial charge in [0.1, 0.15) is 5.82 Å². The van der Waals surface area contributed by atoms with Crippen LogP contribution in [0.5, 0.6) is 0 Å². The number of anilines is 2. The molecule has 5 heteroatoms. The fourth-order valence-corrected chi connectivity index (χ4v) is 0.893. The summed E-state index contributed by atoms with van der Waals surface area (Å²) in [5, 5.41) is 10.3. The highest BCUT2D eigenvalue weighted by atomic mass is 16.4. The zero-order valence-corrected chi connectivity index (χ0v) is 7.06. The minimum atomic E-state index is 0.358. The first kappa shape index (κ1) is 7.72. The summed E-state index contributed by atoms with van der Waals surface area (Å²) in [4.78, 5) is 4.04. The zero-order chi connectivity index (χ0) is 9.10. The lowest BCUT2D eigenvalue weighted by molar-refractivity contribution is 0.535. The van der Waals surface area contributed by atoms with Crippen LogP contribution in [0, 0.1) is 6.92 Å². The smallest absolute Gasteiger partial charge is 0.321 e. The minimum Gasteiger partial charge on any atom is -0.408 e. The predicted octanol–water partition coefficient (Wildman–Crippen LogP) is 1.52. The summed E-state index contributed by atoms with van der Waals surface area (Å²) in [7, 11) is 0. The Morgan fingerprint density at radius 2 is 2.23 bits per heavy atom. The summed E-state index contributed by atoms with van der Waals surface area (Å²) >= 11 is 0. The van der Waals surface area contributed by atoms with E-state index in [1.165, 1.54) is 0 Å². The van der Waals surface area contributed by atoms with E-state index in [0.29, 0.717) is 17.7 Å². The molecule has 0 saturated carbocycles. The van der Waals surface area contributed by atoms with Crippen molar-refractivity contribution in [1.82, 2.24) is 15.2 Å². The summed E-state index contributed by atoms with van der Waals surface area (Å²) < 4.78 is 5.11. The normalized spacial score (nSPS) is 9.92. The lowest BCUT2D eigenvalue weighted by atomic mass is 10.5. The highest BCUT2D eigenvalue weighted by Gasteiger charge is 2.01. The van der Waals surface area contributed by atoms with Gasteiger partial charge < -0.3 is 4.42 Å². The van der Waals surface area contributed by atoms with Crippen molar-refractivity contribution in [2.24, 2.45) is 0 Å². The number of aromatic nitrogens is 3. The number of nitrogens with zero attached hydrogens (tertiary/aromatic N) is 3. The minimum absolute atomic E-state index is 0.358. The highest BCUT2D eigenvalue weighted by molar-refractivity contribution is 5.44. The molecular formula is C8H8N4O. The molecule has 0 spiro atoms. The average molecular weight is 176 g/mol. The van der Waals surface area contributed by atoms with Crippen LogP contribution in [0.2, 0.25) is 0 Å². The Morgan fingerprint density at radius 1 is 1.31 bits per heavy atom. The van der Waals surface area contributed by atoms with Gasteiger partial charge in [-0.3, -0.25) is 5.32 Å². The molecule has 0 aliphatic rings. The summed E-state index contributed by atoms with van der Waals surface area (Å²) in [5.74, 6) is 1.21. The monoisotopic (exact) mass is 176 g/mol. The molecule has 0 aliphatic heterocycles. The third kappa shape index (κ3) is 1.81. The van der Waals surface area contributed by atoms with Crippen LogP contribution in [0.25, 0.3) is 0 Å². The maximum Gasteiger partial charge on any atom is 0.321 e. The molecule has 0 saturated heterocycles. The van der Waals surface area contributed by atoms with Crippen LogP contribution < -0.4 is 5.32 Å². The standard InChI is InChI=1S/C8H8N4O/c1-6-11-12-8(13-6)10-7-4-2-3-5-9-7/h2-5H,1H3,(H,9,10,12). The lowest BCUT2D eigenvalue weighted by Crippen LogP contribution is -1.92. The Balaban J connectivity index is 2.15. The van der Waals surface area contributed by atoms with Crippen molar-refractivity contribution in [2.45, 2.75) is 6.92 Å². The van der Waals surface area contributed by atoms with E-state index in [1.54, 1.807) is 13.1 Å². The van der Waals surface area contributed by atoms with E-state index in [0.717, 1.165) is 0 Å². The lowest BCUT2D eigenvalue weighted by Gasteiger charge is -1.96. The van der Waals surface area contributed by atoms with Crippen molar-refractivity contribution >= 4 is 11.8 Å². The molecule has 2 aromatic heterocycles. The molecule has 0 atom stereocenters. The van der Waals surface area contributed by atoms with E-state index >= 15 is 0 Å². The average Bonchev–Trinajstić information content (AvgIpc) is 2.53. The Kier molecular flexibility index (Phi) is 1.91. The van der Waals surface area contributed by atoms with Gasteiger partial charge in [0, 0.05) is 13.1 Å². The van der Waals surface area contributed by atoms with E-state index in [2.05, 4.69) is 20.5 Å². The molecule has 0 unspecified atom stereocenters. The third-order valence-electron chi connectivity index (χ3n) is 1.43. The SMILES string of the molecule is Cc1nnc(Nc2ccccn2)o1. The fourth-order valence-electron chi connectivity index (χ4n) is 0.893. The number of pyridine rings is 1. The van der Waals surface area contributed by atoms with Crippen LogP contribution in [0.1, 0.15) is 5.89 Å². The van der Waals surface area contributed by atoms with Crippen LogP contribution in [-0.4, -0.2) is 15.2 Å². The molecule has 2 rings (SSSR count). The van der Waals surface area contributed by atoms with Crippen LogP contribution in [0.3, 0.4) is 0 Å². The van der Waals surface area contributed by atoms with Crippen molar-refractivity contribution in [3.8, 4) is 0 Å². The van der Waals surface area contributed by atoms with Gasteiger partial charge >= 0.3 is 6.01 Å². The largest absolute Gasteiger partial charge is 0.408 e. The maximum atomic E-state index is 5.11. The van der Waals surface area contributed by atoms with Crippen molar-refractivity contribution < 1.29 is 4.42 Å². The number of rotatable bonds is 2. The number of aryl methyl sites for hydroxylation is 1. The molecule has 0 radical (unpaired) electrons. The first-order valence-corrected chi connectivity index (χ1v) is 3.83. The maximum absolute atomic E-state index is 5.11. The topological polar surface area (TPSA) is 63.8 Å². The number of hydrogen-bond donors (Lipinski definition) is 1. The molecule has 13 heavy (non-hydrogen) atoms. The zero-order valence-electron chi connectivity index (χ0n) is 7.06. The number of nitrogens with one attached hydrogen (secondary N) is 1. The summed E-state index contributed by atoms with van der Waals surface area (Å²) in [5.41, 5.74) is 0. The molecule has 2 heterocycles. The molecule has 2 aromatic rings. The van der Waals surface area contributed by atoms with Gasteiger partial charge in [-0.2, -0.15) is 0 Å².